The van der Waals surface area contributed by atoms with Crippen molar-refractivity contribution in [2.45, 2.75) is 32.5 Å². The van der Waals surface area contributed by atoms with Gasteiger partial charge in [-0.15, -0.1) is 0 Å². The van der Waals surface area contributed by atoms with Crippen LogP contribution >= 0.6 is 11.3 Å². The van der Waals surface area contributed by atoms with Crippen LogP contribution in [0.15, 0.2) is 29.1 Å². The van der Waals surface area contributed by atoms with Crippen molar-refractivity contribution in [1.82, 2.24) is 5.32 Å². The van der Waals surface area contributed by atoms with Crippen LogP contribution in [0, 0.1) is 0 Å². The zero-order valence-electron chi connectivity index (χ0n) is 10.1. The zero-order valence-corrected chi connectivity index (χ0v) is 11.0. The van der Waals surface area contributed by atoms with Gasteiger partial charge in [0.2, 0.25) is 0 Å². The smallest absolute Gasteiger partial charge is 0.411 e. The second-order valence-corrected chi connectivity index (χ2v) is 5.29. The molecule has 94 valence electrons. The molecule has 1 aromatic rings. The summed E-state index contributed by atoms with van der Waals surface area (Å²) in [6.07, 6.45) is 1.63. The van der Waals surface area contributed by atoms with E-state index in [9.17, 15) is 9.90 Å². The molecule has 1 heterocycles. The van der Waals surface area contributed by atoms with Crippen molar-refractivity contribution < 1.29 is 14.6 Å². The van der Waals surface area contributed by atoms with E-state index in [0.29, 0.717) is 0 Å². The summed E-state index contributed by atoms with van der Waals surface area (Å²) in [4.78, 5) is 11.3. The molecule has 0 aliphatic rings. The molecule has 1 amide bonds. The van der Waals surface area contributed by atoms with Crippen LogP contribution < -0.4 is 5.32 Å². The van der Waals surface area contributed by atoms with Gasteiger partial charge in [-0.1, -0.05) is 0 Å². The first-order valence-corrected chi connectivity index (χ1v) is 6.19. The number of nitrogens with one attached hydrogen (secondary N) is 1. The van der Waals surface area contributed by atoms with Gasteiger partial charge in [0.15, 0.2) is 0 Å². The van der Waals surface area contributed by atoms with Gasteiger partial charge >= 0.3 is 6.09 Å². The maximum atomic E-state index is 11.3. The second kappa shape index (κ2) is 5.84. The molecule has 2 N–H and O–H groups in total. The van der Waals surface area contributed by atoms with Crippen molar-refractivity contribution in [2.75, 3.05) is 0 Å². The summed E-state index contributed by atoms with van der Waals surface area (Å²) < 4.78 is 5.03. The molecule has 1 rings (SSSR count). The molecule has 1 aromatic heterocycles. The molecule has 1 atom stereocenters. The van der Waals surface area contributed by atoms with Crippen LogP contribution in [-0.2, 0) is 4.74 Å². The van der Waals surface area contributed by atoms with Crippen molar-refractivity contribution in [2.24, 2.45) is 0 Å². The summed E-state index contributed by atoms with van der Waals surface area (Å²) in [5.41, 5.74) is 0.279. The Balaban J connectivity index is 2.38. The molecule has 0 saturated carbocycles. The minimum atomic E-state index is -0.712. The van der Waals surface area contributed by atoms with Crippen LogP contribution in [0.4, 0.5) is 4.79 Å². The van der Waals surface area contributed by atoms with Gasteiger partial charge in [0, 0.05) is 6.20 Å². The van der Waals surface area contributed by atoms with Gasteiger partial charge in [-0.25, -0.2) is 4.79 Å². The Labute approximate surface area is 105 Å². The highest BCUT2D eigenvalue weighted by Gasteiger charge is 2.14. The number of hydrogen-bond donors (Lipinski definition) is 2. The Morgan fingerprint density at radius 1 is 1.59 bits per heavy atom. The molecule has 0 radical (unpaired) electrons. The fraction of sp³-hybridized carbons (Fsp3) is 0.417. The van der Waals surface area contributed by atoms with E-state index in [1.54, 1.807) is 20.8 Å². The van der Waals surface area contributed by atoms with Gasteiger partial charge in [-0.3, -0.25) is 5.32 Å². The van der Waals surface area contributed by atoms with Gasteiger partial charge in [0.05, 0.1) is 6.10 Å². The number of carbonyl (C=O) groups excluding carboxylic acids is 1. The molecule has 0 bridgehead atoms. The van der Waals surface area contributed by atoms with E-state index >= 15 is 0 Å². The molecule has 0 fully saturated rings. The summed E-state index contributed by atoms with van der Waals surface area (Å²) in [5.74, 6) is 0. The largest absolute Gasteiger partial charge is 0.444 e. The minimum Gasteiger partial charge on any atom is -0.444 e. The number of rotatable bonds is 3. The highest BCUT2D eigenvalue weighted by atomic mass is 32.1. The molecule has 5 heteroatoms. The van der Waals surface area contributed by atoms with E-state index in [2.05, 4.69) is 5.32 Å². The Hall–Kier alpha value is -1.33. The lowest BCUT2D eigenvalue weighted by atomic mass is 10.2. The summed E-state index contributed by atoms with van der Waals surface area (Å²) in [7, 11) is 0. The van der Waals surface area contributed by atoms with E-state index in [-0.39, 0.29) is 0 Å². The van der Waals surface area contributed by atoms with E-state index in [1.165, 1.54) is 23.6 Å². The number of hydrogen-bond acceptors (Lipinski definition) is 4. The fourth-order valence-corrected chi connectivity index (χ4v) is 1.76. The monoisotopic (exact) mass is 255 g/mol. The van der Waals surface area contributed by atoms with Crippen LogP contribution in [0.25, 0.3) is 0 Å². The van der Waals surface area contributed by atoms with Gasteiger partial charge < -0.3 is 9.84 Å². The maximum absolute atomic E-state index is 11.3. The third-order valence-electron chi connectivity index (χ3n) is 1.76. The summed E-state index contributed by atoms with van der Waals surface area (Å²) >= 11 is 1.51. The molecule has 0 aromatic carbocycles. The summed E-state index contributed by atoms with van der Waals surface area (Å²) in [6.45, 7) is 5.36. The molecular formula is C12H17NO3S. The molecule has 0 spiro atoms. The van der Waals surface area contributed by atoms with Gasteiger partial charge in [-0.2, -0.15) is 11.3 Å². The lowest BCUT2D eigenvalue weighted by molar-refractivity contribution is 0.0552. The molecule has 4 nitrogen and oxygen atoms in total. The Bertz CT molecular complexity index is 379. The Kier molecular flexibility index (Phi) is 4.72. The maximum Gasteiger partial charge on any atom is 0.411 e. The quantitative estimate of drug-likeness (QED) is 0.873. The second-order valence-electron chi connectivity index (χ2n) is 4.51. The predicted molar refractivity (Wildman–Crippen MR) is 67.8 cm³/mol. The van der Waals surface area contributed by atoms with E-state index < -0.39 is 17.8 Å². The normalized spacial score (nSPS) is 13.6. The lowest BCUT2D eigenvalue weighted by Crippen LogP contribution is -2.29. The number of ether oxygens (including phenoxy) is 1. The van der Waals surface area contributed by atoms with E-state index in [4.69, 9.17) is 4.74 Å². The Morgan fingerprint density at radius 2 is 2.29 bits per heavy atom. The van der Waals surface area contributed by atoms with Gasteiger partial charge in [-0.05, 0) is 49.2 Å². The van der Waals surface area contributed by atoms with E-state index in [1.807, 2.05) is 16.8 Å². The van der Waals surface area contributed by atoms with Crippen LogP contribution in [0.5, 0.6) is 0 Å². The Morgan fingerprint density at radius 3 is 2.82 bits per heavy atom. The molecule has 0 aliphatic carbocycles. The summed E-state index contributed by atoms with van der Waals surface area (Å²) in [5, 5.41) is 15.8. The highest BCUT2D eigenvalue weighted by Crippen LogP contribution is 2.16. The van der Waals surface area contributed by atoms with Gasteiger partial charge in [0.25, 0.3) is 0 Å². The standard InChI is InChI=1S/C12H17NO3S/c1-12(2,3)16-11(15)13-6-4-10(14)9-5-7-17-8-9/h4-8,10,14H,1-3H3,(H,13,15)/b6-4+. The number of carbonyl (C=O) groups is 1. The molecule has 17 heavy (non-hydrogen) atoms. The highest BCUT2D eigenvalue weighted by molar-refractivity contribution is 7.07. The van der Waals surface area contributed by atoms with Crippen molar-refractivity contribution in [1.29, 1.82) is 0 Å². The average Bonchev–Trinajstić information content (AvgIpc) is 2.66. The number of thiophene rings is 1. The fourth-order valence-electron chi connectivity index (χ4n) is 1.07. The number of alkyl carbamates (subject to hydrolysis) is 1. The third-order valence-corrected chi connectivity index (χ3v) is 2.46. The van der Waals surface area contributed by atoms with Crippen LogP contribution in [0.2, 0.25) is 0 Å². The van der Waals surface area contributed by atoms with Crippen molar-refractivity contribution in [3.8, 4) is 0 Å². The molecule has 0 saturated heterocycles. The van der Waals surface area contributed by atoms with E-state index in [0.717, 1.165) is 5.56 Å². The van der Waals surface area contributed by atoms with Crippen molar-refractivity contribution >= 4 is 17.4 Å². The first-order valence-electron chi connectivity index (χ1n) is 5.25. The van der Waals surface area contributed by atoms with Gasteiger partial charge in [0.1, 0.15) is 5.60 Å². The zero-order chi connectivity index (χ0) is 12.9. The predicted octanol–water partition coefficient (Wildman–Crippen LogP) is 2.82. The third kappa shape index (κ3) is 5.51. The van der Waals surface area contributed by atoms with Crippen LogP contribution in [0.3, 0.4) is 0 Å². The topological polar surface area (TPSA) is 58.6 Å². The number of amides is 1. The van der Waals surface area contributed by atoms with Crippen LogP contribution in [-0.4, -0.2) is 16.8 Å². The van der Waals surface area contributed by atoms with Crippen molar-refractivity contribution in [3.63, 3.8) is 0 Å². The summed E-state index contributed by atoms with van der Waals surface area (Å²) in [6, 6.07) is 1.83. The molecular weight excluding hydrogens is 238 g/mol. The minimum absolute atomic E-state index is 0.524. The van der Waals surface area contributed by atoms with Crippen LogP contribution in [0.1, 0.15) is 32.4 Å². The SMILES string of the molecule is CC(C)(C)OC(=O)N/C=C/C(O)c1ccsc1. The molecule has 0 aliphatic heterocycles. The number of aliphatic hydroxyl groups is 1. The number of aliphatic hydroxyl groups excluding tert-OH is 1. The average molecular weight is 255 g/mol. The first kappa shape index (κ1) is 13.7. The lowest BCUT2D eigenvalue weighted by Gasteiger charge is -2.18. The molecule has 1 unspecified atom stereocenters. The first-order chi connectivity index (χ1) is 7.88. The van der Waals surface area contributed by atoms with Crippen molar-refractivity contribution in [3.05, 3.63) is 34.7 Å².